The maximum atomic E-state index is 10.5. The molecular weight excluding hydrogens is 222 g/mol. The number of ether oxygens (including phenoxy) is 1. The molecule has 2 N–H and O–H groups in total. The number of nitrogens with zero attached hydrogens (tertiary/aromatic N) is 2. The van der Waals surface area contributed by atoms with Crippen LogP contribution < -0.4 is 5.32 Å². The van der Waals surface area contributed by atoms with Gasteiger partial charge >= 0.3 is 5.97 Å². The van der Waals surface area contributed by atoms with Crippen LogP contribution in [0.4, 0.5) is 5.82 Å². The second-order valence-corrected chi connectivity index (χ2v) is 3.48. The van der Waals surface area contributed by atoms with E-state index in [4.69, 9.17) is 9.84 Å². The molecule has 1 rings (SSSR count). The summed E-state index contributed by atoms with van der Waals surface area (Å²) >= 11 is 0. The molecule has 1 aromatic heterocycles. The van der Waals surface area contributed by atoms with Gasteiger partial charge in [0.15, 0.2) is 5.69 Å². The average Bonchev–Trinajstić information content (AvgIpc) is 2.34. The maximum absolute atomic E-state index is 10.5. The van der Waals surface area contributed by atoms with Gasteiger partial charge in [0.2, 0.25) is 0 Å². The normalized spacial score (nSPS) is 10.2. The number of unbranched alkanes of at least 4 members (excludes halogenated alkanes) is 1. The fourth-order valence-electron chi connectivity index (χ4n) is 1.13. The van der Waals surface area contributed by atoms with E-state index in [0.717, 1.165) is 19.4 Å². The van der Waals surface area contributed by atoms with E-state index in [0.29, 0.717) is 19.0 Å². The molecule has 0 aliphatic rings. The number of hydrogen-bond donors (Lipinski definition) is 2. The smallest absolute Gasteiger partial charge is 0.356 e. The number of carboxylic acid groups (broad SMARTS) is 1. The number of anilines is 1. The van der Waals surface area contributed by atoms with Crippen molar-refractivity contribution in [3.8, 4) is 0 Å². The van der Waals surface area contributed by atoms with Gasteiger partial charge in [0, 0.05) is 13.2 Å². The summed E-state index contributed by atoms with van der Waals surface area (Å²) in [6.07, 6.45) is 4.81. The molecule has 0 aromatic carbocycles. The van der Waals surface area contributed by atoms with Crippen LogP contribution in [0.1, 0.15) is 30.3 Å². The van der Waals surface area contributed by atoms with Crippen LogP contribution in [0.3, 0.4) is 0 Å². The molecule has 0 spiro atoms. The molecule has 0 bridgehead atoms. The van der Waals surface area contributed by atoms with Crippen molar-refractivity contribution in [2.45, 2.75) is 19.8 Å². The molecular formula is C11H17N3O3. The Labute approximate surface area is 100 Å². The molecule has 6 heteroatoms. The summed E-state index contributed by atoms with van der Waals surface area (Å²) in [4.78, 5) is 18.2. The number of carbonyl (C=O) groups is 1. The summed E-state index contributed by atoms with van der Waals surface area (Å²) in [7, 11) is 0. The second-order valence-electron chi connectivity index (χ2n) is 3.48. The lowest BCUT2D eigenvalue weighted by Gasteiger charge is -2.05. The van der Waals surface area contributed by atoms with E-state index in [1.54, 1.807) is 0 Å². The molecule has 0 amide bonds. The highest BCUT2D eigenvalue weighted by Gasteiger charge is 2.03. The van der Waals surface area contributed by atoms with Gasteiger partial charge in [-0.25, -0.2) is 14.8 Å². The SMILES string of the molecule is CCCCOCCNc1cnc(C(=O)O)cn1. The number of aromatic carboxylic acids is 1. The van der Waals surface area contributed by atoms with Crippen LogP contribution in [0.5, 0.6) is 0 Å². The molecule has 94 valence electrons. The van der Waals surface area contributed by atoms with Gasteiger partial charge in [0.1, 0.15) is 5.82 Å². The summed E-state index contributed by atoms with van der Waals surface area (Å²) in [6, 6.07) is 0. The molecule has 17 heavy (non-hydrogen) atoms. The molecule has 1 heterocycles. The number of nitrogens with one attached hydrogen (secondary N) is 1. The van der Waals surface area contributed by atoms with Crippen LogP contribution in [0.15, 0.2) is 12.4 Å². The summed E-state index contributed by atoms with van der Waals surface area (Å²) in [5.41, 5.74) is -0.0604. The average molecular weight is 239 g/mol. The molecule has 0 fully saturated rings. The summed E-state index contributed by atoms with van der Waals surface area (Å²) < 4.78 is 5.35. The Bertz CT molecular complexity index is 340. The zero-order chi connectivity index (χ0) is 12.5. The number of hydrogen-bond acceptors (Lipinski definition) is 5. The first-order valence-corrected chi connectivity index (χ1v) is 5.61. The molecule has 0 saturated carbocycles. The summed E-state index contributed by atoms with van der Waals surface area (Å²) in [6.45, 7) is 4.11. The third-order valence-electron chi connectivity index (χ3n) is 2.07. The van der Waals surface area contributed by atoms with Crippen molar-refractivity contribution >= 4 is 11.8 Å². The highest BCUT2D eigenvalue weighted by Crippen LogP contribution is 2.00. The topological polar surface area (TPSA) is 84.3 Å². The van der Waals surface area contributed by atoms with Crippen molar-refractivity contribution in [3.63, 3.8) is 0 Å². The van der Waals surface area contributed by atoms with Gasteiger partial charge < -0.3 is 15.2 Å². The highest BCUT2D eigenvalue weighted by molar-refractivity contribution is 5.84. The first-order valence-electron chi connectivity index (χ1n) is 5.61. The van der Waals surface area contributed by atoms with Crippen molar-refractivity contribution in [1.29, 1.82) is 0 Å². The lowest BCUT2D eigenvalue weighted by molar-refractivity contribution is 0.0690. The minimum absolute atomic E-state index is 0.0604. The third kappa shape index (κ3) is 5.26. The van der Waals surface area contributed by atoms with Crippen LogP contribution in [0.2, 0.25) is 0 Å². The molecule has 0 unspecified atom stereocenters. The Morgan fingerprint density at radius 3 is 2.82 bits per heavy atom. The monoisotopic (exact) mass is 239 g/mol. The number of rotatable bonds is 8. The number of aromatic nitrogens is 2. The van der Waals surface area contributed by atoms with E-state index in [2.05, 4.69) is 22.2 Å². The molecule has 0 radical (unpaired) electrons. The first kappa shape index (κ1) is 13.4. The zero-order valence-electron chi connectivity index (χ0n) is 9.85. The van der Waals surface area contributed by atoms with Gasteiger partial charge in [-0.05, 0) is 6.42 Å². The van der Waals surface area contributed by atoms with Crippen LogP contribution in [-0.2, 0) is 4.74 Å². The first-order chi connectivity index (χ1) is 8.24. The fraction of sp³-hybridized carbons (Fsp3) is 0.545. The van der Waals surface area contributed by atoms with E-state index >= 15 is 0 Å². The standard InChI is InChI=1S/C11H17N3O3/c1-2-3-5-17-6-4-12-10-8-13-9(7-14-10)11(15)16/h7-8H,2-6H2,1H3,(H,12,14)(H,15,16). The molecule has 0 atom stereocenters. The lowest BCUT2D eigenvalue weighted by atomic mass is 10.4. The lowest BCUT2D eigenvalue weighted by Crippen LogP contribution is -2.11. The van der Waals surface area contributed by atoms with Crippen LogP contribution in [0, 0.1) is 0 Å². The Balaban J connectivity index is 2.21. The van der Waals surface area contributed by atoms with Gasteiger partial charge in [0.05, 0.1) is 19.0 Å². The Hall–Kier alpha value is -1.69. The molecule has 0 saturated heterocycles. The molecule has 0 aliphatic carbocycles. The van der Waals surface area contributed by atoms with Crippen LogP contribution in [0.25, 0.3) is 0 Å². The van der Waals surface area contributed by atoms with Crippen molar-refractivity contribution in [1.82, 2.24) is 9.97 Å². The van der Waals surface area contributed by atoms with Crippen LogP contribution >= 0.6 is 0 Å². The van der Waals surface area contributed by atoms with Gasteiger partial charge in [-0.2, -0.15) is 0 Å². The largest absolute Gasteiger partial charge is 0.476 e. The van der Waals surface area contributed by atoms with Gasteiger partial charge in [-0.1, -0.05) is 13.3 Å². The highest BCUT2D eigenvalue weighted by atomic mass is 16.5. The molecule has 6 nitrogen and oxygen atoms in total. The van der Waals surface area contributed by atoms with Crippen molar-refractivity contribution < 1.29 is 14.6 Å². The van der Waals surface area contributed by atoms with Crippen molar-refractivity contribution in [3.05, 3.63) is 18.1 Å². The van der Waals surface area contributed by atoms with E-state index in [9.17, 15) is 4.79 Å². The van der Waals surface area contributed by atoms with Crippen molar-refractivity contribution in [2.75, 3.05) is 25.1 Å². The van der Waals surface area contributed by atoms with E-state index in [1.165, 1.54) is 12.4 Å². The van der Waals surface area contributed by atoms with E-state index in [-0.39, 0.29) is 5.69 Å². The Morgan fingerprint density at radius 1 is 1.41 bits per heavy atom. The van der Waals surface area contributed by atoms with Crippen LogP contribution in [-0.4, -0.2) is 40.8 Å². The minimum atomic E-state index is -1.08. The Morgan fingerprint density at radius 2 is 2.24 bits per heavy atom. The van der Waals surface area contributed by atoms with E-state index < -0.39 is 5.97 Å². The van der Waals surface area contributed by atoms with E-state index in [1.807, 2.05) is 0 Å². The van der Waals surface area contributed by atoms with Crippen molar-refractivity contribution in [2.24, 2.45) is 0 Å². The van der Waals surface area contributed by atoms with Gasteiger partial charge in [-0.3, -0.25) is 0 Å². The quantitative estimate of drug-likeness (QED) is 0.667. The summed E-state index contributed by atoms with van der Waals surface area (Å²) in [5.74, 6) is -0.527. The minimum Gasteiger partial charge on any atom is -0.476 e. The fourth-order valence-corrected chi connectivity index (χ4v) is 1.13. The third-order valence-corrected chi connectivity index (χ3v) is 2.07. The van der Waals surface area contributed by atoms with Gasteiger partial charge in [0.25, 0.3) is 0 Å². The summed E-state index contributed by atoms with van der Waals surface area (Å²) in [5, 5.41) is 11.6. The Kier molecular flexibility index (Phi) is 5.95. The zero-order valence-corrected chi connectivity index (χ0v) is 9.85. The maximum Gasteiger partial charge on any atom is 0.356 e. The molecule has 0 aliphatic heterocycles. The predicted molar refractivity (Wildman–Crippen MR) is 63.2 cm³/mol. The second kappa shape index (κ2) is 7.56. The number of carboxylic acids is 1. The predicted octanol–water partition coefficient (Wildman–Crippen LogP) is 1.40. The van der Waals surface area contributed by atoms with Gasteiger partial charge in [-0.15, -0.1) is 0 Å². The molecule has 1 aromatic rings.